The molecular weight excluding hydrogens is 597 g/mol. The minimum Gasteiger partial charge on any atom is -0.543 e. The first-order valence-electron chi connectivity index (χ1n) is 16.7. The van der Waals surface area contributed by atoms with Gasteiger partial charge in [0.25, 0.3) is 0 Å². The second-order valence-electron chi connectivity index (χ2n) is 14.0. The second-order valence-corrected chi connectivity index (χ2v) is 18.7. The van der Waals surface area contributed by atoms with E-state index in [0.717, 1.165) is 59.3 Å². The molecule has 5 rings (SSSR count). The summed E-state index contributed by atoms with van der Waals surface area (Å²) in [5.74, 6) is 0.887. The van der Waals surface area contributed by atoms with Crippen LogP contribution in [0.4, 0.5) is 0 Å². The predicted octanol–water partition coefficient (Wildman–Crippen LogP) is 8.18. The summed E-state index contributed by atoms with van der Waals surface area (Å²) in [7, 11) is -2.01. The van der Waals surface area contributed by atoms with Crippen molar-refractivity contribution in [2.45, 2.75) is 97.0 Å². The second kappa shape index (κ2) is 15.3. The molecule has 0 amide bonds. The molecule has 46 heavy (non-hydrogen) atoms. The first-order valence-corrected chi connectivity index (χ1v) is 19.6. The maximum atomic E-state index is 6.70. The van der Waals surface area contributed by atoms with E-state index >= 15 is 0 Å². The topological polar surface area (TPSA) is 81.8 Å². The van der Waals surface area contributed by atoms with E-state index in [4.69, 9.17) is 33.6 Å². The lowest BCUT2D eigenvalue weighted by molar-refractivity contribution is -0.0365. The Hall–Kier alpha value is -3.02. The fourth-order valence-electron chi connectivity index (χ4n) is 5.24. The van der Waals surface area contributed by atoms with Crippen LogP contribution in [-0.2, 0) is 25.6 Å². The van der Waals surface area contributed by atoms with Crippen molar-refractivity contribution >= 4 is 19.2 Å². The lowest BCUT2D eigenvalue weighted by Gasteiger charge is -2.36. The van der Waals surface area contributed by atoms with E-state index in [9.17, 15) is 0 Å². The standard InChI is InChI=1S/C36H52N4O5Si/c1-27(24-41-19-20-42-25-28(2)44-26-29-13-9-8-10-14-29)39-23-30(22-37-39)35-32-21-31(45-46(6,7)36(3,4)5)16-17-33(32)40(38-35)34-15-11-12-18-43-34/h8-10,13-14,16-17,21-23,27-28,34H,11-12,15,18-20,24-26H2,1-7H3. The highest BCUT2D eigenvalue weighted by Gasteiger charge is 2.39. The summed E-state index contributed by atoms with van der Waals surface area (Å²) in [4.78, 5) is 0. The number of hydrogen-bond acceptors (Lipinski definition) is 7. The van der Waals surface area contributed by atoms with Crippen LogP contribution in [0.25, 0.3) is 22.2 Å². The van der Waals surface area contributed by atoms with Crippen molar-refractivity contribution in [1.82, 2.24) is 19.6 Å². The van der Waals surface area contributed by atoms with Crippen molar-refractivity contribution in [1.29, 1.82) is 0 Å². The third-order valence-corrected chi connectivity index (χ3v) is 13.4. The smallest absolute Gasteiger partial charge is 0.250 e. The van der Waals surface area contributed by atoms with Crippen LogP contribution in [0.15, 0.2) is 60.9 Å². The van der Waals surface area contributed by atoms with Gasteiger partial charge in [-0.05, 0) is 75.0 Å². The zero-order valence-electron chi connectivity index (χ0n) is 28.7. The van der Waals surface area contributed by atoms with Crippen LogP contribution in [0, 0.1) is 0 Å². The maximum absolute atomic E-state index is 6.70. The summed E-state index contributed by atoms with van der Waals surface area (Å²) in [6.45, 7) is 18.9. The summed E-state index contributed by atoms with van der Waals surface area (Å²) < 4.78 is 34.5. The molecule has 0 spiro atoms. The fourth-order valence-corrected chi connectivity index (χ4v) is 6.26. The van der Waals surface area contributed by atoms with E-state index < -0.39 is 8.32 Å². The minimum absolute atomic E-state index is 0.0144. The van der Waals surface area contributed by atoms with Crippen molar-refractivity contribution < 1.29 is 23.4 Å². The molecule has 2 aromatic heterocycles. The third-order valence-electron chi connectivity index (χ3n) is 9.07. The number of fused-ring (bicyclic) bond motifs is 1. The third kappa shape index (κ3) is 8.66. The molecule has 3 heterocycles. The van der Waals surface area contributed by atoms with Crippen LogP contribution < -0.4 is 4.43 Å². The first kappa shape index (κ1) is 34.3. The Labute approximate surface area is 275 Å². The van der Waals surface area contributed by atoms with Gasteiger partial charge in [-0.1, -0.05) is 51.1 Å². The number of hydrogen-bond donors (Lipinski definition) is 0. The molecule has 1 saturated heterocycles. The van der Waals surface area contributed by atoms with Crippen molar-refractivity contribution in [2.24, 2.45) is 0 Å². The molecule has 10 heteroatoms. The van der Waals surface area contributed by atoms with Crippen molar-refractivity contribution in [2.75, 3.05) is 33.0 Å². The Morgan fingerprint density at radius 2 is 1.76 bits per heavy atom. The van der Waals surface area contributed by atoms with Gasteiger partial charge in [-0.15, -0.1) is 0 Å². The van der Waals surface area contributed by atoms with Crippen LogP contribution in [0.1, 0.15) is 71.7 Å². The van der Waals surface area contributed by atoms with E-state index in [1.54, 1.807) is 0 Å². The van der Waals surface area contributed by atoms with Gasteiger partial charge in [0, 0.05) is 23.8 Å². The maximum Gasteiger partial charge on any atom is 0.250 e. The van der Waals surface area contributed by atoms with Crippen molar-refractivity contribution in [3.05, 3.63) is 66.5 Å². The molecule has 9 nitrogen and oxygen atoms in total. The normalized spacial score (nSPS) is 17.3. The number of ether oxygens (including phenoxy) is 4. The van der Waals surface area contributed by atoms with Gasteiger partial charge in [0.05, 0.1) is 56.9 Å². The average Bonchev–Trinajstić information content (AvgIpc) is 3.67. The zero-order valence-corrected chi connectivity index (χ0v) is 29.7. The van der Waals surface area contributed by atoms with E-state index in [1.165, 1.54) is 0 Å². The van der Waals surface area contributed by atoms with Gasteiger partial charge in [0.15, 0.2) is 6.23 Å². The van der Waals surface area contributed by atoms with Crippen LogP contribution in [0.3, 0.4) is 0 Å². The molecule has 2 aromatic carbocycles. The molecule has 1 aliphatic heterocycles. The molecule has 4 aromatic rings. The van der Waals surface area contributed by atoms with Crippen LogP contribution in [0.5, 0.6) is 5.75 Å². The average molecular weight is 649 g/mol. The Morgan fingerprint density at radius 3 is 2.48 bits per heavy atom. The molecule has 0 aliphatic carbocycles. The Bertz CT molecular complexity index is 1520. The lowest BCUT2D eigenvalue weighted by Crippen LogP contribution is -2.43. The Morgan fingerprint density at radius 1 is 1.00 bits per heavy atom. The quantitative estimate of drug-likeness (QED) is 0.0950. The minimum atomic E-state index is -2.01. The Balaban J connectivity index is 1.20. The number of benzene rings is 2. The SMILES string of the molecule is CC(COCCOCC(C)n1cc(-c2nn(C3CCCCO3)c3ccc(O[Si](C)(C)C(C)(C)C)cc23)cn1)OCc1ccccc1. The van der Waals surface area contributed by atoms with Crippen LogP contribution >= 0.6 is 0 Å². The highest BCUT2D eigenvalue weighted by Crippen LogP contribution is 2.40. The summed E-state index contributed by atoms with van der Waals surface area (Å²) >= 11 is 0. The highest BCUT2D eigenvalue weighted by molar-refractivity contribution is 6.74. The van der Waals surface area contributed by atoms with Crippen LogP contribution in [0.2, 0.25) is 18.1 Å². The number of nitrogens with zero attached hydrogens (tertiary/aromatic N) is 4. The van der Waals surface area contributed by atoms with Gasteiger partial charge in [-0.25, -0.2) is 4.68 Å². The summed E-state index contributed by atoms with van der Waals surface area (Å²) in [6, 6.07) is 16.6. The van der Waals surface area contributed by atoms with E-state index in [0.29, 0.717) is 33.0 Å². The van der Waals surface area contributed by atoms with Gasteiger partial charge in [0.1, 0.15) is 11.4 Å². The molecule has 0 saturated carbocycles. The van der Waals surface area contributed by atoms with Gasteiger partial charge in [-0.2, -0.15) is 10.2 Å². The zero-order chi connectivity index (χ0) is 32.7. The summed E-state index contributed by atoms with van der Waals surface area (Å²) in [5.41, 5.74) is 4.06. The van der Waals surface area contributed by atoms with E-state index in [-0.39, 0.29) is 23.4 Å². The molecule has 1 aliphatic rings. The van der Waals surface area contributed by atoms with Gasteiger partial charge < -0.3 is 23.4 Å². The first-order chi connectivity index (χ1) is 22.0. The predicted molar refractivity (Wildman–Crippen MR) is 185 cm³/mol. The van der Waals surface area contributed by atoms with Crippen molar-refractivity contribution in [3.8, 4) is 17.0 Å². The Kier molecular flexibility index (Phi) is 11.4. The van der Waals surface area contributed by atoms with E-state index in [1.807, 2.05) is 36.0 Å². The van der Waals surface area contributed by atoms with E-state index in [2.05, 4.69) is 82.0 Å². The van der Waals surface area contributed by atoms with Crippen LogP contribution in [-0.4, -0.2) is 67.0 Å². The molecular formula is C36H52N4O5Si. The summed E-state index contributed by atoms with van der Waals surface area (Å²) in [5, 5.41) is 11.0. The van der Waals surface area contributed by atoms with Gasteiger partial charge >= 0.3 is 0 Å². The molecule has 0 N–H and O–H groups in total. The summed E-state index contributed by atoms with van der Waals surface area (Å²) in [6.07, 6.45) is 7.08. The molecule has 3 unspecified atom stereocenters. The molecule has 250 valence electrons. The number of rotatable bonds is 15. The molecule has 3 atom stereocenters. The largest absolute Gasteiger partial charge is 0.543 e. The van der Waals surface area contributed by atoms with Gasteiger partial charge in [0.2, 0.25) is 8.32 Å². The monoisotopic (exact) mass is 648 g/mol. The highest BCUT2D eigenvalue weighted by atomic mass is 28.4. The van der Waals surface area contributed by atoms with Gasteiger partial charge in [-0.3, -0.25) is 4.68 Å². The number of aromatic nitrogens is 4. The lowest BCUT2D eigenvalue weighted by atomic mass is 10.1. The molecule has 0 bridgehead atoms. The molecule has 0 radical (unpaired) electrons. The van der Waals surface area contributed by atoms with Crippen molar-refractivity contribution in [3.63, 3.8) is 0 Å². The molecule has 1 fully saturated rings. The fraction of sp³-hybridized carbons (Fsp3) is 0.556.